The molecule has 1 N–H and O–H groups in total. The van der Waals surface area contributed by atoms with E-state index in [9.17, 15) is 18.0 Å². The molecule has 0 aliphatic carbocycles. The molecule has 8 heteroatoms. The number of rotatable bonds is 4. The molecule has 1 heterocycles. The minimum Gasteiger partial charge on any atom is -0.487 e. The first-order valence-electron chi connectivity index (χ1n) is 8.34. The van der Waals surface area contributed by atoms with E-state index in [1.807, 2.05) is 7.05 Å². The van der Waals surface area contributed by atoms with Gasteiger partial charge in [0.05, 0.1) is 11.3 Å². The number of carbonyl (C=O) groups excluding carboxylic acids is 1. The molecule has 0 radical (unpaired) electrons. The summed E-state index contributed by atoms with van der Waals surface area (Å²) in [6, 6.07) is 6.97. The first-order valence-corrected chi connectivity index (χ1v) is 8.34. The van der Waals surface area contributed by atoms with Crippen molar-refractivity contribution in [2.75, 3.05) is 25.5 Å². The molecule has 1 amide bonds. The van der Waals surface area contributed by atoms with Crippen LogP contribution in [-0.4, -0.2) is 37.0 Å². The van der Waals surface area contributed by atoms with Gasteiger partial charge in [0.1, 0.15) is 17.7 Å². The van der Waals surface area contributed by atoms with Gasteiger partial charge in [0, 0.05) is 19.2 Å². The van der Waals surface area contributed by atoms with Crippen molar-refractivity contribution in [1.29, 1.82) is 0 Å². The second-order valence-electron chi connectivity index (χ2n) is 6.32. The Bertz CT molecular complexity index is 812. The number of piperidine rings is 1. The Morgan fingerprint density at radius 2 is 1.85 bits per heavy atom. The Labute approximate surface area is 161 Å². The lowest BCUT2D eigenvalue weighted by Crippen LogP contribution is -2.35. The molecule has 0 aromatic heterocycles. The van der Waals surface area contributed by atoms with Crippen LogP contribution < -0.4 is 10.1 Å². The molecular formula is C19H20ClF3N2O2. The summed E-state index contributed by atoms with van der Waals surface area (Å²) < 4.78 is 47.0. The number of halogens is 4. The minimum atomic E-state index is -1.01. The number of ether oxygens (including phenoxy) is 1. The first kappa shape index (κ1) is 21.1. The van der Waals surface area contributed by atoms with Crippen molar-refractivity contribution in [2.24, 2.45) is 0 Å². The van der Waals surface area contributed by atoms with Crippen molar-refractivity contribution in [1.82, 2.24) is 4.90 Å². The lowest BCUT2D eigenvalue weighted by atomic mass is 10.1. The zero-order chi connectivity index (χ0) is 18.7. The van der Waals surface area contributed by atoms with Crippen LogP contribution in [0.1, 0.15) is 23.2 Å². The van der Waals surface area contributed by atoms with E-state index in [2.05, 4.69) is 10.2 Å². The number of hydrogen-bond donors (Lipinski definition) is 1. The Morgan fingerprint density at radius 1 is 1.15 bits per heavy atom. The maximum absolute atomic E-state index is 14.6. The Hall–Kier alpha value is -2.25. The van der Waals surface area contributed by atoms with Crippen LogP contribution in [0.3, 0.4) is 0 Å². The lowest BCUT2D eigenvalue weighted by Gasteiger charge is -2.29. The standard InChI is InChI=1S/C19H19F3N2O2.ClH/c1-24-9-7-13(8-10-24)26-17-4-2-3-16(18(17)22)23-19(25)14-6-5-12(20)11-15(14)21;/h2-6,11,13H,7-10H2,1H3,(H,23,25);1H. The average Bonchev–Trinajstić information content (AvgIpc) is 2.60. The SMILES string of the molecule is CN1CCC(Oc2cccc(NC(=O)c3ccc(F)cc3F)c2F)CC1.Cl. The predicted molar refractivity (Wildman–Crippen MR) is 99.1 cm³/mol. The molecule has 0 atom stereocenters. The van der Waals surface area contributed by atoms with Gasteiger partial charge in [-0.25, -0.2) is 13.2 Å². The second kappa shape index (κ2) is 9.10. The number of likely N-dealkylation sites (tertiary alicyclic amines) is 1. The number of nitrogens with one attached hydrogen (secondary N) is 1. The van der Waals surface area contributed by atoms with Gasteiger partial charge in [-0.2, -0.15) is 0 Å². The maximum atomic E-state index is 14.6. The summed E-state index contributed by atoms with van der Waals surface area (Å²) in [6.07, 6.45) is 1.47. The number of anilines is 1. The second-order valence-corrected chi connectivity index (χ2v) is 6.32. The molecule has 2 aromatic carbocycles. The predicted octanol–water partition coefficient (Wildman–Crippen LogP) is 4.25. The van der Waals surface area contributed by atoms with E-state index in [0.717, 1.165) is 38.1 Å². The number of hydrogen-bond acceptors (Lipinski definition) is 3. The van der Waals surface area contributed by atoms with E-state index in [1.165, 1.54) is 12.1 Å². The monoisotopic (exact) mass is 400 g/mol. The highest BCUT2D eigenvalue weighted by Crippen LogP contribution is 2.27. The highest BCUT2D eigenvalue weighted by molar-refractivity contribution is 6.04. The van der Waals surface area contributed by atoms with E-state index in [0.29, 0.717) is 6.07 Å². The van der Waals surface area contributed by atoms with Gasteiger partial charge in [-0.15, -0.1) is 12.4 Å². The fourth-order valence-corrected chi connectivity index (χ4v) is 2.84. The Morgan fingerprint density at radius 3 is 2.52 bits per heavy atom. The molecule has 27 heavy (non-hydrogen) atoms. The van der Waals surface area contributed by atoms with Gasteiger partial charge < -0.3 is 15.0 Å². The van der Waals surface area contributed by atoms with Gasteiger partial charge in [0.25, 0.3) is 5.91 Å². The number of nitrogens with zero attached hydrogens (tertiary/aromatic N) is 1. The van der Waals surface area contributed by atoms with Gasteiger partial charge in [-0.1, -0.05) is 6.07 Å². The zero-order valence-electron chi connectivity index (χ0n) is 14.7. The average molecular weight is 401 g/mol. The molecule has 1 aliphatic heterocycles. The van der Waals surface area contributed by atoms with Gasteiger partial charge in [0.15, 0.2) is 11.6 Å². The molecule has 146 valence electrons. The van der Waals surface area contributed by atoms with Crippen LogP contribution in [0.15, 0.2) is 36.4 Å². The van der Waals surface area contributed by atoms with Crippen molar-refractivity contribution < 1.29 is 22.7 Å². The molecule has 2 aromatic rings. The fourth-order valence-electron chi connectivity index (χ4n) is 2.84. The number of amides is 1. The molecule has 0 bridgehead atoms. The summed E-state index contributed by atoms with van der Waals surface area (Å²) in [4.78, 5) is 14.3. The van der Waals surface area contributed by atoms with Crippen molar-refractivity contribution in [2.45, 2.75) is 18.9 Å². The van der Waals surface area contributed by atoms with Gasteiger partial charge in [0.2, 0.25) is 0 Å². The van der Waals surface area contributed by atoms with E-state index in [4.69, 9.17) is 4.74 Å². The summed E-state index contributed by atoms with van der Waals surface area (Å²) in [7, 11) is 2.02. The topological polar surface area (TPSA) is 41.6 Å². The Balaban J connectivity index is 0.00000261. The van der Waals surface area contributed by atoms with E-state index < -0.39 is 23.4 Å². The van der Waals surface area contributed by atoms with Crippen molar-refractivity contribution in [3.8, 4) is 5.75 Å². The summed E-state index contributed by atoms with van der Waals surface area (Å²) in [5, 5.41) is 2.31. The Kier molecular flexibility index (Phi) is 7.10. The highest BCUT2D eigenvalue weighted by Gasteiger charge is 2.21. The van der Waals surface area contributed by atoms with Crippen LogP contribution in [0.2, 0.25) is 0 Å². The minimum absolute atomic E-state index is 0. The van der Waals surface area contributed by atoms with Crippen LogP contribution >= 0.6 is 12.4 Å². The summed E-state index contributed by atoms with van der Waals surface area (Å²) in [5.74, 6) is -3.35. The van der Waals surface area contributed by atoms with E-state index >= 15 is 0 Å². The van der Waals surface area contributed by atoms with Crippen LogP contribution in [0.25, 0.3) is 0 Å². The molecular weight excluding hydrogens is 381 g/mol. The summed E-state index contributed by atoms with van der Waals surface area (Å²) >= 11 is 0. The van der Waals surface area contributed by atoms with Crippen LogP contribution in [0, 0.1) is 17.5 Å². The van der Waals surface area contributed by atoms with Crippen molar-refractivity contribution >= 4 is 24.0 Å². The van der Waals surface area contributed by atoms with Crippen LogP contribution in [0.4, 0.5) is 18.9 Å². The molecule has 0 saturated carbocycles. The third kappa shape index (κ3) is 5.14. The molecule has 1 saturated heterocycles. The third-order valence-corrected chi connectivity index (χ3v) is 4.35. The fraction of sp³-hybridized carbons (Fsp3) is 0.316. The molecule has 0 spiro atoms. The number of benzene rings is 2. The summed E-state index contributed by atoms with van der Waals surface area (Å²) in [6.45, 7) is 1.74. The van der Waals surface area contributed by atoms with Gasteiger partial charge in [-0.3, -0.25) is 4.79 Å². The third-order valence-electron chi connectivity index (χ3n) is 4.35. The molecule has 0 unspecified atom stereocenters. The quantitative estimate of drug-likeness (QED) is 0.834. The molecule has 1 fully saturated rings. The summed E-state index contributed by atoms with van der Waals surface area (Å²) in [5.41, 5.74) is -0.489. The van der Waals surface area contributed by atoms with Crippen molar-refractivity contribution in [3.63, 3.8) is 0 Å². The van der Waals surface area contributed by atoms with Crippen molar-refractivity contribution in [3.05, 3.63) is 59.4 Å². The van der Waals surface area contributed by atoms with Crippen LogP contribution in [0.5, 0.6) is 5.75 Å². The van der Waals surface area contributed by atoms with Gasteiger partial charge >= 0.3 is 0 Å². The molecule has 1 aliphatic rings. The normalized spacial score (nSPS) is 15.1. The largest absolute Gasteiger partial charge is 0.487 e. The first-order chi connectivity index (χ1) is 12.4. The smallest absolute Gasteiger partial charge is 0.258 e. The van der Waals surface area contributed by atoms with E-state index in [-0.39, 0.29) is 35.5 Å². The van der Waals surface area contributed by atoms with Crippen LogP contribution in [-0.2, 0) is 0 Å². The maximum Gasteiger partial charge on any atom is 0.258 e. The molecule has 4 nitrogen and oxygen atoms in total. The lowest BCUT2D eigenvalue weighted by molar-refractivity contribution is 0.102. The number of carbonyl (C=O) groups is 1. The highest BCUT2D eigenvalue weighted by atomic mass is 35.5. The van der Waals surface area contributed by atoms with E-state index in [1.54, 1.807) is 6.07 Å². The van der Waals surface area contributed by atoms with Gasteiger partial charge in [-0.05, 0) is 44.2 Å². The molecule has 3 rings (SSSR count). The zero-order valence-corrected chi connectivity index (χ0v) is 15.5.